The van der Waals surface area contributed by atoms with Crippen LogP contribution in [0.2, 0.25) is 0 Å². The number of benzene rings is 2. The molecule has 2 aromatic carbocycles. The zero-order valence-electron chi connectivity index (χ0n) is 16.2. The second-order valence-corrected chi connectivity index (χ2v) is 8.31. The van der Waals surface area contributed by atoms with Gasteiger partial charge in [-0.05, 0) is 55.5 Å². The van der Waals surface area contributed by atoms with Crippen molar-refractivity contribution in [1.29, 1.82) is 0 Å². The summed E-state index contributed by atoms with van der Waals surface area (Å²) in [7, 11) is 0. The molecule has 2 amide bonds. The van der Waals surface area contributed by atoms with Crippen molar-refractivity contribution in [2.24, 2.45) is 0 Å². The fraction of sp³-hybridized carbons (Fsp3) is 0.318. The normalized spacial score (nSPS) is 20.4. The van der Waals surface area contributed by atoms with Crippen molar-refractivity contribution in [2.75, 3.05) is 36.0 Å². The van der Waals surface area contributed by atoms with Gasteiger partial charge >= 0.3 is 0 Å². The largest absolute Gasteiger partial charge is 0.369 e. The molecule has 1 atom stereocenters. The molecular formula is C22H22BrN3O3. The van der Waals surface area contributed by atoms with E-state index >= 15 is 0 Å². The third kappa shape index (κ3) is 3.97. The molecule has 0 aliphatic carbocycles. The van der Waals surface area contributed by atoms with E-state index in [1.165, 1.54) is 4.90 Å². The quantitative estimate of drug-likeness (QED) is 0.523. The van der Waals surface area contributed by atoms with Crippen LogP contribution in [0.5, 0.6) is 0 Å². The Hall–Kier alpha value is -2.51. The van der Waals surface area contributed by atoms with Crippen LogP contribution in [0.3, 0.4) is 0 Å². The first-order chi connectivity index (χ1) is 13.9. The van der Waals surface area contributed by atoms with E-state index in [0.29, 0.717) is 24.3 Å². The number of imide groups is 1. The lowest BCUT2D eigenvalue weighted by atomic mass is 10.1. The Kier molecular flexibility index (Phi) is 5.52. The number of ketones is 1. The number of nitrogens with zero attached hydrogens (tertiary/aromatic N) is 3. The Morgan fingerprint density at radius 2 is 1.48 bits per heavy atom. The molecule has 0 unspecified atom stereocenters. The predicted octanol–water partition coefficient (Wildman–Crippen LogP) is 3.11. The molecule has 0 saturated carbocycles. The number of carbonyl (C=O) groups excluding carboxylic acids is 3. The standard InChI is InChI=1S/C22H22BrN3O3/c1-15(27)16-2-6-18(7-3-16)24-10-12-25(13-11-24)20-14-21(28)26(22(20)29)19-8-4-17(23)5-9-19/h2-9,20H,10-14H2,1H3/t20-/m0/s1. The van der Waals surface area contributed by atoms with E-state index in [1.54, 1.807) is 19.1 Å². The molecule has 4 rings (SSSR count). The Labute approximate surface area is 178 Å². The molecule has 29 heavy (non-hydrogen) atoms. The SMILES string of the molecule is CC(=O)c1ccc(N2CCN([C@H]3CC(=O)N(c4ccc(Br)cc4)C3=O)CC2)cc1. The number of piperazine rings is 1. The number of rotatable bonds is 4. The first-order valence-corrected chi connectivity index (χ1v) is 10.5. The van der Waals surface area contributed by atoms with Crippen molar-refractivity contribution < 1.29 is 14.4 Å². The summed E-state index contributed by atoms with van der Waals surface area (Å²) in [4.78, 5) is 42.6. The molecule has 2 heterocycles. The Balaban J connectivity index is 1.41. The molecule has 6 nitrogen and oxygen atoms in total. The van der Waals surface area contributed by atoms with Crippen LogP contribution >= 0.6 is 15.9 Å². The molecule has 7 heteroatoms. The molecule has 0 aromatic heterocycles. The number of hydrogen-bond donors (Lipinski definition) is 0. The van der Waals surface area contributed by atoms with Crippen LogP contribution in [0.25, 0.3) is 0 Å². The highest BCUT2D eigenvalue weighted by molar-refractivity contribution is 9.10. The lowest BCUT2D eigenvalue weighted by Gasteiger charge is -2.38. The smallest absolute Gasteiger partial charge is 0.251 e. The summed E-state index contributed by atoms with van der Waals surface area (Å²) < 4.78 is 0.907. The summed E-state index contributed by atoms with van der Waals surface area (Å²) >= 11 is 3.38. The lowest BCUT2D eigenvalue weighted by Crippen LogP contribution is -2.52. The molecular weight excluding hydrogens is 434 g/mol. The molecule has 2 aliphatic heterocycles. The van der Waals surface area contributed by atoms with Crippen LogP contribution in [0.4, 0.5) is 11.4 Å². The van der Waals surface area contributed by atoms with Gasteiger partial charge < -0.3 is 4.90 Å². The molecule has 0 radical (unpaired) electrons. The number of amides is 2. The summed E-state index contributed by atoms with van der Waals surface area (Å²) in [5.74, 6) is -0.234. The first-order valence-electron chi connectivity index (χ1n) is 9.66. The Bertz CT molecular complexity index is 935. The lowest BCUT2D eigenvalue weighted by molar-refractivity contribution is -0.123. The van der Waals surface area contributed by atoms with Crippen molar-refractivity contribution in [1.82, 2.24) is 4.90 Å². The van der Waals surface area contributed by atoms with Gasteiger partial charge in [-0.1, -0.05) is 15.9 Å². The van der Waals surface area contributed by atoms with Gasteiger partial charge in [0.1, 0.15) is 0 Å². The van der Waals surface area contributed by atoms with Crippen molar-refractivity contribution in [3.63, 3.8) is 0 Å². The first kappa shape index (κ1) is 19.8. The topological polar surface area (TPSA) is 60.9 Å². The number of anilines is 2. The van der Waals surface area contributed by atoms with Crippen LogP contribution in [-0.2, 0) is 9.59 Å². The maximum Gasteiger partial charge on any atom is 0.251 e. The van der Waals surface area contributed by atoms with E-state index in [4.69, 9.17) is 0 Å². The minimum Gasteiger partial charge on any atom is -0.369 e. The van der Waals surface area contributed by atoms with E-state index in [1.807, 2.05) is 36.4 Å². The van der Waals surface area contributed by atoms with Crippen LogP contribution < -0.4 is 9.80 Å². The Morgan fingerprint density at radius 3 is 2.07 bits per heavy atom. The molecule has 0 bridgehead atoms. The van der Waals surface area contributed by atoms with Gasteiger partial charge in [0.15, 0.2) is 5.78 Å². The van der Waals surface area contributed by atoms with Gasteiger partial charge in [0, 0.05) is 41.9 Å². The number of carbonyl (C=O) groups is 3. The highest BCUT2D eigenvalue weighted by atomic mass is 79.9. The summed E-state index contributed by atoms with van der Waals surface area (Å²) in [5, 5.41) is 0. The zero-order chi connectivity index (χ0) is 20.5. The van der Waals surface area contributed by atoms with Crippen LogP contribution in [0.15, 0.2) is 53.0 Å². The highest BCUT2D eigenvalue weighted by Gasteiger charge is 2.43. The summed E-state index contributed by atoms with van der Waals surface area (Å²) in [5.41, 5.74) is 2.39. The molecule has 2 aliphatic rings. The summed E-state index contributed by atoms with van der Waals surface area (Å²) in [6.45, 7) is 4.54. The average Bonchev–Trinajstić information content (AvgIpc) is 3.03. The van der Waals surface area contributed by atoms with E-state index < -0.39 is 6.04 Å². The Morgan fingerprint density at radius 1 is 0.897 bits per heavy atom. The molecule has 2 saturated heterocycles. The van der Waals surface area contributed by atoms with E-state index in [9.17, 15) is 14.4 Å². The van der Waals surface area contributed by atoms with Gasteiger partial charge in [0.2, 0.25) is 5.91 Å². The monoisotopic (exact) mass is 455 g/mol. The van der Waals surface area contributed by atoms with Gasteiger partial charge in [-0.25, -0.2) is 4.90 Å². The third-order valence-corrected chi connectivity index (χ3v) is 6.13. The van der Waals surface area contributed by atoms with E-state index in [2.05, 4.69) is 25.7 Å². The van der Waals surface area contributed by atoms with Crippen molar-refractivity contribution in [3.05, 3.63) is 58.6 Å². The zero-order valence-corrected chi connectivity index (χ0v) is 17.8. The second-order valence-electron chi connectivity index (χ2n) is 7.39. The second kappa shape index (κ2) is 8.08. The van der Waals surface area contributed by atoms with Gasteiger partial charge in [-0.15, -0.1) is 0 Å². The van der Waals surface area contributed by atoms with Crippen LogP contribution in [0, 0.1) is 0 Å². The van der Waals surface area contributed by atoms with Crippen LogP contribution in [0.1, 0.15) is 23.7 Å². The fourth-order valence-corrected chi connectivity index (χ4v) is 4.23. The maximum absolute atomic E-state index is 13.0. The van der Waals surface area contributed by atoms with Crippen molar-refractivity contribution >= 4 is 44.9 Å². The number of hydrogen-bond acceptors (Lipinski definition) is 5. The molecule has 150 valence electrons. The maximum atomic E-state index is 13.0. The third-order valence-electron chi connectivity index (χ3n) is 5.60. The van der Waals surface area contributed by atoms with Gasteiger partial charge in [-0.2, -0.15) is 0 Å². The number of Topliss-reactive ketones (excluding diaryl/α,β-unsaturated/α-hetero) is 1. The molecule has 0 N–H and O–H groups in total. The van der Waals surface area contributed by atoms with Crippen molar-refractivity contribution in [3.8, 4) is 0 Å². The van der Waals surface area contributed by atoms with Gasteiger partial charge in [0.25, 0.3) is 5.91 Å². The highest BCUT2D eigenvalue weighted by Crippen LogP contribution is 2.28. The van der Waals surface area contributed by atoms with Crippen molar-refractivity contribution in [2.45, 2.75) is 19.4 Å². The minimum atomic E-state index is -0.395. The molecule has 0 spiro atoms. The average molecular weight is 456 g/mol. The van der Waals surface area contributed by atoms with Gasteiger partial charge in [-0.3, -0.25) is 19.3 Å². The molecule has 2 fully saturated rings. The van der Waals surface area contributed by atoms with E-state index in [0.717, 1.165) is 23.2 Å². The number of halogens is 1. The van der Waals surface area contributed by atoms with Gasteiger partial charge in [0.05, 0.1) is 18.2 Å². The van der Waals surface area contributed by atoms with E-state index in [-0.39, 0.29) is 24.0 Å². The summed E-state index contributed by atoms with van der Waals surface area (Å²) in [6.07, 6.45) is 0.224. The fourth-order valence-electron chi connectivity index (χ4n) is 3.96. The predicted molar refractivity (Wildman–Crippen MR) is 115 cm³/mol. The van der Waals surface area contributed by atoms with Crippen LogP contribution in [-0.4, -0.2) is 54.7 Å². The molecule has 2 aromatic rings. The summed E-state index contributed by atoms with van der Waals surface area (Å²) in [6, 6.07) is 14.5. The minimum absolute atomic E-state index is 0.0566.